The second-order valence-electron chi connectivity index (χ2n) is 10.1. The number of aryl methyl sites for hydroxylation is 1. The number of ether oxygens (including phenoxy) is 2. The minimum atomic E-state index is -0.791. The standard InChI is InChI=1S/C31H30N4O6/c1-18-8-7-15-32-30(18)34-31(37)27-19(2)33-22-9-6-11-24(36)29(22)28(27)20-13-14-25(40-3)21(16-20)17-41-26-12-5-4-10-23(26)35(38)39/h4-5,7-8,10,12-16,27-28,33H,2,6,9,11,17H2,1,3H3,(H,32,34,37)/p+1. The van der Waals surface area contributed by atoms with Crippen molar-refractivity contribution in [2.75, 3.05) is 12.4 Å². The van der Waals surface area contributed by atoms with E-state index in [-0.39, 0.29) is 29.7 Å². The maximum absolute atomic E-state index is 13.8. The molecule has 0 spiro atoms. The molecule has 3 N–H and O–H groups in total. The van der Waals surface area contributed by atoms with E-state index in [0.29, 0.717) is 46.8 Å². The number of nitrogens with one attached hydrogen (secondary N) is 3. The van der Waals surface area contributed by atoms with Crippen molar-refractivity contribution < 1.29 is 29.0 Å². The Morgan fingerprint density at radius 1 is 1.17 bits per heavy atom. The molecule has 41 heavy (non-hydrogen) atoms. The van der Waals surface area contributed by atoms with Gasteiger partial charge in [-0.1, -0.05) is 24.8 Å². The van der Waals surface area contributed by atoms with Gasteiger partial charge in [0.15, 0.2) is 11.5 Å². The van der Waals surface area contributed by atoms with Crippen molar-refractivity contribution in [3.8, 4) is 11.5 Å². The molecule has 10 nitrogen and oxygen atoms in total. The minimum absolute atomic E-state index is 0.00923. The predicted octanol–water partition coefficient (Wildman–Crippen LogP) is 4.77. The lowest BCUT2D eigenvalue weighted by atomic mass is 9.71. The number of benzene rings is 2. The lowest BCUT2D eigenvalue weighted by Gasteiger charge is -2.38. The van der Waals surface area contributed by atoms with Crippen LogP contribution in [0.4, 0.5) is 11.5 Å². The van der Waals surface area contributed by atoms with Gasteiger partial charge in [-0.2, -0.15) is 0 Å². The van der Waals surface area contributed by atoms with Crippen LogP contribution in [-0.4, -0.2) is 23.7 Å². The zero-order valence-electron chi connectivity index (χ0n) is 22.9. The van der Waals surface area contributed by atoms with Crippen molar-refractivity contribution in [3.63, 3.8) is 0 Å². The SMILES string of the molecule is C=C1NC2=C(C(=O)CCC2)C(c2ccc(OC)c(COc3ccccc3[N+](=O)[O-])c2)C1C(=O)Nc1[nH+]cccc1C. The molecule has 210 valence electrons. The summed E-state index contributed by atoms with van der Waals surface area (Å²) < 4.78 is 11.4. The first kappa shape index (κ1) is 27.6. The summed E-state index contributed by atoms with van der Waals surface area (Å²) in [5.74, 6) is -0.514. The molecule has 10 heteroatoms. The minimum Gasteiger partial charge on any atom is -0.496 e. The van der Waals surface area contributed by atoms with Gasteiger partial charge < -0.3 is 14.8 Å². The quantitative estimate of drug-likeness (QED) is 0.302. The molecule has 0 saturated carbocycles. The maximum atomic E-state index is 13.8. The molecular formula is C31H31N4O6+. The summed E-state index contributed by atoms with van der Waals surface area (Å²) in [6.45, 7) is 6.05. The number of allylic oxidation sites excluding steroid dienone is 2. The van der Waals surface area contributed by atoms with Crippen LogP contribution in [0.2, 0.25) is 0 Å². The fourth-order valence-corrected chi connectivity index (χ4v) is 5.51. The highest BCUT2D eigenvalue weighted by Gasteiger charge is 2.45. The zero-order valence-corrected chi connectivity index (χ0v) is 22.9. The van der Waals surface area contributed by atoms with Crippen molar-refractivity contribution in [2.24, 2.45) is 5.92 Å². The van der Waals surface area contributed by atoms with Gasteiger partial charge in [0, 0.05) is 46.5 Å². The summed E-state index contributed by atoms with van der Waals surface area (Å²) in [5.41, 5.74) is 3.91. The van der Waals surface area contributed by atoms with Gasteiger partial charge in [0.2, 0.25) is 0 Å². The Bertz CT molecular complexity index is 1580. The number of nitro benzene ring substituents is 1. The van der Waals surface area contributed by atoms with Crippen LogP contribution in [0.5, 0.6) is 11.5 Å². The molecule has 2 aliphatic rings. The van der Waals surface area contributed by atoms with Gasteiger partial charge in [-0.05, 0) is 55.7 Å². The molecule has 2 atom stereocenters. The number of carbonyl (C=O) groups is 2. The van der Waals surface area contributed by atoms with Crippen molar-refractivity contribution in [1.29, 1.82) is 0 Å². The van der Waals surface area contributed by atoms with Gasteiger partial charge in [0.05, 0.1) is 18.2 Å². The molecule has 1 aliphatic carbocycles. The van der Waals surface area contributed by atoms with E-state index in [2.05, 4.69) is 22.2 Å². The predicted molar refractivity (Wildman–Crippen MR) is 151 cm³/mol. The van der Waals surface area contributed by atoms with E-state index in [9.17, 15) is 19.7 Å². The number of H-pyrrole nitrogens is 1. The fourth-order valence-electron chi connectivity index (χ4n) is 5.51. The zero-order chi connectivity index (χ0) is 29.1. The first-order chi connectivity index (χ1) is 19.8. The Morgan fingerprint density at radius 2 is 1.98 bits per heavy atom. The molecule has 0 radical (unpaired) electrons. The van der Waals surface area contributed by atoms with E-state index >= 15 is 0 Å². The third-order valence-electron chi connectivity index (χ3n) is 7.49. The van der Waals surface area contributed by atoms with E-state index in [1.165, 1.54) is 19.2 Å². The molecule has 2 aromatic carbocycles. The van der Waals surface area contributed by atoms with Crippen molar-refractivity contribution in [2.45, 2.75) is 38.7 Å². The van der Waals surface area contributed by atoms with Gasteiger partial charge in [0.1, 0.15) is 18.3 Å². The number of nitro groups is 1. The van der Waals surface area contributed by atoms with E-state index < -0.39 is 16.8 Å². The number of aromatic nitrogens is 1. The summed E-state index contributed by atoms with van der Waals surface area (Å²) in [5, 5.41) is 17.7. The lowest BCUT2D eigenvalue weighted by Crippen LogP contribution is -2.43. The number of methoxy groups -OCH3 is 1. The van der Waals surface area contributed by atoms with Crippen LogP contribution >= 0.6 is 0 Å². The van der Waals surface area contributed by atoms with E-state index in [0.717, 1.165) is 17.7 Å². The second kappa shape index (κ2) is 11.6. The Labute approximate surface area is 237 Å². The average molecular weight is 556 g/mol. The molecule has 5 rings (SSSR count). The third kappa shape index (κ3) is 5.54. The van der Waals surface area contributed by atoms with Crippen LogP contribution in [0.1, 0.15) is 41.9 Å². The van der Waals surface area contributed by atoms with Crippen LogP contribution in [0.3, 0.4) is 0 Å². The normalized spacial score (nSPS) is 18.3. The Balaban J connectivity index is 1.55. The number of aromatic amines is 1. The number of hydrogen-bond donors (Lipinski definition) is 2. The summed E-state index contributed by atoms with van der Waals surface area (Å²) >= 11 is 0. The number of nitrogens with zero attached hydrogens (tertiary/aromatic N) is 1. The van der Waals surface area contributed by atoms with E-state index in [1.54, 1.807) is 24.4 Å². The highest BCUT2D eigenvalue weighted by atomic mass is 16.6. The Kier molecular flexibility index (Phi) is 7.82. The number of hydrogen-bond acceptors (Lipinski definition) is 7. The molecule has 2 heterocycles. The summed E-state index contributed by atoms with van der Waals surface area (Å²) in [6, 6.07) is 15.3. The summed E-state index contributed by atoms with van der Waals surface area (Å²) in [7, 11) is 1.52. The van der Waals surface area contributed by atoms with Gasteiger partial charge >= 0.3 is 11.6 Å². The van der Waals surface area contributed by atoms with Gasteiger partial charge in [-0.15, -0.1) is 0 Å². The van der Waals surface area contributed by atoms with Crippen LogP contribution in [0, 0.1) is 23.0 Å². The Hall–Kier alpha value is -4.99. The maximum Gasteiger partial charge on any atom is 0.317 e. The van der Waals surface area contributed by atoms with E-state index in [4.69, 9.17) is 9.47 Å². The Morgan fingerprint density at radius 3 is 2.73 bits per heavy atom. The molecule has 3 aromatic rings. The number of amides is 1. The van der Waals surface area contributed by atoms with Crippen LogP contribution in [0.25, 0.3) is 0 Å². The van der Waals surface area contributed by atoms with Gasteiger partial charge in [-0.3, -0.25) is 14.9 Å². The molecule has 1 aromatic heterocycles. The number of pyridine rings is 1. The smallest absolute Gasteiger partial charge is 0.317 e. The van der Waals surface area contributed by atoms with Gasteiger partial charge in [-0.25, -0.2) is 15.1 Å². The number of rotatable bonds is 8. The van der Waals surface area contributed by atoms with E-state index in [1.807, 2.05) is 31.2 Å². The monoisotopic (exact) mass is 555 g/mol. The lowest BCUT2D eigenvalue weighted by molar-refractivity contribution is -0.385. The molecule has 2 unspecified atom stereocenters. The average Bonchev–Trinajstić information content (AvgIpc) is 2.96. The van der Waals surface area contributed by atoms with Crippen molar-refractivity contribution in [1.82, 2.24) is 5.32 Å². The first-order valence-electron chi connectivity index (χ1n) is 13.3. The summed E-state index contributed by atoms with van der Waals surface area (Å²) in [4.78, 5) is 41.2. The largest absolute Gasteiger partial charge is 0.496 e. The number of anilines is 1. The summed E-state index contributed by atoms with van der Waals surface area (Å²) in [6.07, 6.45) is 3.52. The molecule has 0 bridgehead atoms. The number of carbonyl (C=O) groups excluding carboxylic acids is 2. The van der Waals surface area contributed by atoms with Crippen molar-refractivity contribution >= 4 is 23.2 Å². The molecule has 1 amide bonds. The second-order valence-corrected chi connectivity index (χ2v) is 10.1. The van der Waals surface area contributed by atoms with Gasteiger partial charge in [0.25, 0.3) is 5.82 Å². The number of Topliss-reactive ketones (excluding diaryl/α,β-unsaturated/α-hetero) is 1. The molecular weight excluding hydrogens is 524 g/mol. The van der Waals surface area contributed by atoms with Crippen LogP contribution in [0.15, 0.2) is 84.3 Å². The third-order valence-corrected chi connectivity index (χ3v) is 7.49. The van der Waals surface area contributed by atoms with Crippen LogP contribution < -0.4 is 25.1 Å². The van der Waals surface area contributed by atoms with Crippen molar-refractivity contribution in [3.05, 3.63) is 111 Å². The number of ketones is 1. The molecule has 0 fully saturated rings. The molecule has 0 saturated heterocycles. The van der Waals surface area contributed by atoms with Crippen LogP contribution in [-0.2, 0) is 16.2 Å². The molecule has 1 aliphatic heterocycles. The fraction of sp³-hybridized carbons (Fsp3) is 0.258. The highest BCUT2D eigenvalue weighted by molar-refractivity contribution is 6.02. The highest BCUT2D eigenvalue weighted by Crippen LogP contribution is 2.45. The first-order valence-corrected chi connectivity index (χ1v) is 13.3. The topological polar surface area (TPSA) is 134 Å². The number of para-hydroxylation sites is 2.